The normalized spacial score (nSPS) is 17.0. The molecular formula is C29H46F6N8O5. The third-order valence-electron chi connectivity index (χ3n) is 7.07. The zero-order valence-electron chi connectivity index (χ0n) is 27.0. The molecule has 1 unspecified atom stereocenters. The molecular weight excluding hydrogens is 654 g/mol. The monoisotopic (exact) mass is 700 g/mol. The number of hydrogen-bond acceptors (Lipinski definition) is 10. The van der Waals surface area contributed by atoms with E-state index in [1.807, 2.05) is 42.3 Å². The van der Waals surface area contributed by atoms with Crippen molar-refractivity contribution in [3.63, 3.8) is 0 Å². The number of hydrogen-bond donors (Lipinski definition) is 6. The van der Waals surface area contributed by atoms with Crippen LogP contribution in [0.25, 0.3) is 0 Å². The predicted molar refractivity (Wildman–Crippen MR) is 168 cm³/mol. The van der Waals surface area contributed by atoms with Crippen molar-refractivity contribution >= 4 is 29.5 Å². The van der Waals surface area contributed by atoms with Gasteiger partial charge in [-0.25, -0.2) is 9.59 Å². The average Bonchev–Trinajstić information content (AvgIpc) is 3.03. The van der Waals surface area contributed by atoms with Crippen molar-refractivity contribution in [3.05, 3.63) is 30.3 Å². The van der Waals surface area contributed by atoms with E-state index in [9.17, 15) is 31.1 Å². The molecule has 1 atom stereocenters. The number of anilines is 1. The zero-order valence-corrected chi connectivity index (χ0v) is 27.0. The molecule has 0 bridgehead atoms. The lowest BCUT2D eigenvalue weighted by Crippen LogP contribution is -2.51. The first-order chi connectivity index (χ1) is 22.5. The summed E-state index contributed by atoms with van der Waals surface area (Å²) in [5.41, 5.74) is 1.00. The summed E-state index contributed by atoms with van der Waals surface area (Å²) in [5, 5.41) is 27.8. The van der Waals surface area contributed by atoms with Gasteiger partial charge in [0.2, 0.25) is 5.91 Å². The quantitative estimate of drug-likeness (QED) is 0.131. The highest BCUT2D eigenvalue weighted by molar-refractivity contribution is 5.94. The number of nitrogens with zero attached hydrogens (tertiary/aromatic N) is 4. The lowest BCUT2D eigenvalue weighted by atomic mass is 10.2. The predicted octanol–water partition coefficient (Wildman–Crippen LogP) is 1.75. The highest BCUT2D eigenvalue weighted by Crippen LogP contribution is 2.14. The molecule has 274 valence electrons. The minimum atomic E-state index is -5.08. The summed E-state index contributed by atoms with van der Waals surface area (Å²) >= 11 is 0. The molecule has 1 aromatic carbocycles. The summed E-state index contributed by atoms with van der Waals surface area (Å²) in [7, 11) is 4.08. The van der Waals surface area contributed by atoms with Crippen LogP contribution in [0.2, 0.25) is 0 Å². The molecule has 1 amide bonds. The molecule has 2 aliphatic rings. The first-order valence-corrected chi connectivity index (χ1v) is 15.3. The maximum atomic E-state index is 12.5. The van der Waals surface area contributed by atoms with Crippen molar-refractivity contribution in [2.45, 2.75) is 37.7 Å². The van der Waals surface area contributed by atoms with Gasteiger partial charge in [-0.15, -0.1) is 0 Å². The molecule has 1 saturated heterocycles. The van der Waals surface area contributed by atoms with Crippen molar-refractivity contribution < 1.29 is 50.9 Å². The third kappa shape index (κ3) is 19.2. The highest BCUT2D eigenvalue weighted by Gasteiger charge is 2.38. The number of para-hydroxylation sites is 1. The average molecular weight is 701 g/mol. The van der Waals surface area contributed by atoms with E-state index in [0.717, 1.165) is 44.2 Å². The smallest absolute Gasteiger partial charge is 0.475 e. The number of halogens is 6. The lowest BCUT2D eigenvalue weighted by molar-refractivity contribution is -0.193. The van der Waals surface area contributed by atoms with Crippen LogP contribution in [0.15, 0.2) is 35.3 Å². The zero-order chi connectivity index (χ0) is 36.2. The van der Waals surface area contributed by atoms with Gasteiger partial charge in [0.15, 0.2) is 5.96 Å². The van der Waals surface area contributed by atoms with Gasteiger partial charge in [0.1, 0.15) is 0 Å². The molecule has 0 aromatic heterocycles. The number of carbonyl (C=O) groups excluding carboxylic acids is 1. The number of alkyl halides is 6. The van der Waals surface area contributed by atoms with Crippen LogP contribution >= 0.6 is 0 Å². The van der Waals surface area contributed by atoms with Gasteiger partial charge in [-0.2, -0.15) is 26.3 Å². The van der Waals surface area contributed by atoms with Gasteiger partial charge in [0, 0.05) is 58.4 Å². The molecule has 48 heavy (non-hydrogen) atoms. The molecule has 2 heterocycles. The summed E-state index contributed by atoms with van der Waals surface area (Å²) < 4.78 is 63.5. The van der Waals surface area contributed by atoms with E-state index in [1.54, 1.807) is 0 Å². The van der Waals surface area contributed by atoms with Crippen LogP contribution in [0.1, 0.15) is 19.3 Å². The number of amides is 1. The van der Waals surface area contributed by atoms with Crippen molar-refractivity contribution in [1.29, 1.82) is 0 Å². The third-order valence-corrected chi connectivity index (χ3v) is 7.07. The Morgan fingerprint density at radius 3 is 1.92 bits per heavy atom. The van der Waals surface area contributed by atoms with Gasteiger partial charge in [-0.1, -0.05) is 18.2 Å². The summed E-state index contributed by atoms with van der Waals surface area (Å²) in [4.78, 5) is 41.7. The molecule has 1 aromatic rings. The van der Waals surface area contributed by atoms with Crippen molar-refractivity contribution in [1.82, 2.24) is 30.7 Å². The Morgan fingerprint density at radius 1 is 0.896 bits per heavy atom. The van der Waals surface area contributed by atoms with Gasteiger partial charge in [0.25, 0.3) is 0 Å². The first kappa shape index (κ1) is 42.3. The Bertz CT molecular complexity index is 1100. The van der Waals surface area contributed by atoms with E-state index < -0.39 is 24.3 Å². The fraction of sp³-hybridized carbons (Fsp3) is 0.655. The number of guanidine groups is 1. The maximum Gasteiger partial charge on any atom is 0.490 e. The molecule has 0 spiro atoms. The second-order valence-electron chi connectivity index (χ2n) is 10.9. The van der Waals surface area contributed by atoms with E-state index in [4.69, 9.17) is 19.8 Å². The molecule has 19 heteroatoms. The van der Waals surface area contributed by atoms with E-state index in [-0.39, 0.29) is 11.9 Å². The van der Waals surface area contributed by atoms with Gasteiger partial charge < -0.3 is 46.2 Å². The number of benzene rings is 1. The van der Waals surface area contributed by atoms with Gasteiger partial charge >= 0.3 is 24.3 Å². The minimum Gasteiger partial charge on any atom is -0.475 e. The van der Waals surface area contributed by atoms with E-state index in [0.29, 0.717) is 19.5 Å². The summed E-state index contributed by atoms with van der Waals surface area (Å²) in [6.07, 6.45) is -7.36. The van der Waals surface area contributed by atoms with Crippen LogP contribution < -0.4 is 21.3 Å². The Hall–Kier alpha value is -3.68. The minimum absolute atomic E-state index is 0.0869. The van der Waals surface area contributed by atoms with Gasteiger partial charge in [-0.3, -0.25) is 9.79 Å². The Morgan fingerprint density at radius 2 is 1.42 bits per heavy atom. The number of aliphatic carboxylic acids is 2. The lowest BCUT2D eigenvalue weighted by Gasteiger charge is -2.32. The number of carboxylic acids is 2. The summed E-state index contributed by atoms with van der Waals surface area (Å²) in [6.45, 7) is 11.0. The Kier molecular flexibility index (Phi) is 19.4. The second-order valence-corrected chi connectivity index (χ2v) is 10.9. The van der Waals surface area contributed by atoms with Gasteiger partial charge in [-0.05, 0) is 58.2 Å². The van der Waals surface area contributed by atoms with Crippen LogP contribution in [0.3, 0.4) is 0 Å². The second kappa shape index (κ2) is 22.0. The molecule has 0 radical (unpaired) electrons. The molecule has 6 N–H and O–H groups in total. The van der Waals surface area contributed by atoms with Crippen LogP contribution in [0.4, 0.5) is 32.0 Å². The molecule has 0 aliphatic carbocycles. The van der Waals surface area contributed by atoms with E-state index in [2.05, 4.69) is 43.1 Å². The number of carboxylic acid groups (broad SMARTS) is 2. The van der Waals surface area contributed by atoms with Crippen LogP contribution in [-0.2, 0) is 14.4 Å². The first-order valence-electron chi connectivity index (χ1n) is 15.3. The van der Waals surface area contributed by atoms with Crippen LogP contribution in [0.5, 0.6) is 0 Å². The number of piperazine rings is 1. The molecule has 13 nitrogen and oxygen atoms in total. The fourth-order valence-corrected chi connectivity index (χ4v) is 4.20. The summed E-state index contributed by atoms with van der Waals surface area (Å²) in [5.74, 6) is -4.59. The van der Waals surface area contributed by atoms with E-state index in [1.165, 1.54) is 39.1 Å². The fourth-order valence-electron chi connectivity index (χ4n) is 4.20. The largest absolute Gasteiger partial charge is 0.490 e. The standard InChI is InChI=1S/C25H44N8O.2C2HF3O2/c1-31-16-18-33(19-17-31)15-7-13-26-11-6-12-27-14-10-24(34)32(2)23-20-28-25(29-21-23)30-22-8-4-3-5-9-22;2*3-2(4,5)1(6)7/h3-5,8-9,23,26-27H,6-7,10-21H2,1-2H3,(H2,28,29,30);2*(H,6,7). The number of carbonyl (C=O) groups is 3. The number of nitrogens with one attached hydrogen (secondary N) is 4. The Balaban J connectivity index is 0.000000687. The topological polar surface area (TPSA) is 162 Å². The van der Waals surface area contributed by atoms with Crippen molar-refractivity contribution in [2.24, 2.45) is 4.99 Å². The SMILES string of the molecule is CN1CCN(CCCNCCCNCCC(=O)N(C)C2CN=C(Nc3ccccc3)NC2)CC1.O=C(O)C(F)(F)F.O=C(O)C(F)(F)F. The van der Waals surface area contributed by atoms with Crippen molar-refractivity contribution in [2.75, 3.05) is 91.4 Å². The molecule has 0 saturated carbocycles. The molecule has 2 aliphatic heterocycles. The summed E-state index contributed by atoms with van der Waals surface area (Å²) in [6, 6.07) is 10.1. The number of rotatable bonds is 13. The van der Waals surface area contributed by atoms with Gasteiger partial charge in [0.05, 0.1) is 12.6 Å². The maximum absolute atomic E-state index is 12.5. The van der Waals surface area contributed by atoms with Crippen LogP contribution in [-0.4, -0.2) is 153 Å². The number of aliphatic imine (C=N–C) groups is 1. The number of likely N-dealkylation sites (N-methyl/N-ethyl adjacent to an activating group) is 2. The van der Waals surface area contributed by atoms with Crippen LogP contribution in [0, 0.1) is 0 Å². The van der Waals surface area contributed by atoms with Crippen molar-refractivity contribution in [3.8, 4) is 0 Å². The molecule has 3 rings (SSSR count). The molecule has 1 fully saturated rings. The Labute approximate surface area is 275 Å². The highest BCUT2D eigenvalue weighted by atomic mass is 19.4. The van der Waals surface area contributed by atoms with E-state index >= 15 is 0 Å².